The van der Waals surface area contributed by atoms with Gasteiger partial charge in [-0.2, -0.15) is 0 Å². The van der Waals surface area contributed by atoms with E-state index in [1.807, 2.05) is 19.1 Å². The molecule has 0 heterocycles. The van der Waals surface area contributed by atoms with Crippen LogP contribution in [0.1, 0.15) is 42.6 Å². The largest absolute Gasteiger partial charge is 0.396 e. The molecule has 0 spiro atoms. The second-order valence-electron chi connectivity index (χ2n) is 4.85. The summed E-state index contributed by atoms with van der Waals surface area (Å²) in [7, 11) is 0. The summed E-state index contributed by atoms with van der Waals surface area (Å²) in [5, 5.41) is 14.3. The van der Waals surface area contributed by atoms with E-state index < -0.39 is 0 Å². The molecule has 0 aliphatic heterocycles. The van der Waals surface area contributed by atoms with Crippen molar-refractivity contribution in [2.75, 3.05) is 6.61 Å². The molecule has 0 aromatic heterocycles. The Hall–Kier alpha value is -1.88. The van der Waals surface area contributed by atoms with E-state index in [0.717, 1.165) is 12.0 Å². The fraction of sp³-hybridized carbons (Fsp3) is 0.467. The average molecular weight is 278 g/mol. The van der Waals surface area contributed by atoms with E-state index in [4.69, 9.17) is 5.11 Å². The Bertz CT molecular complexity index is 443. The Morgan fingerprint density at radius 1 is 1.25 bits per heavy atom. The number of benzene rings is 1. The molecular formula is C15H22N2O3. The molecule has 1 aromatic rings. The molecule has 0 fully saturated rings. The molecule has 1 unspecified atom stereocenters. The van der Waals surface area contributed by atoms with Crippen LogP contribution in [0.25, 0.3) is 0 Å². The fourth-order valence-corrected chi connectivity index (χ4v) is 1.78. The second-order valence-corrected chi connectivity index (χ2v) is 4.85. The summed E-state index contributed by atoms with van der Waals surface area (Å²) in [4.78, 5) is 22.8. The minimum absolute atomic E-state index is 0.0358. The molecule has 1 atom stereocenters. The molecule has 0 radical (unpaired) electrons. The standard InChI is InChI=1S/C15H22N2O3/c1-11(4-3-9-18)17-15(20)14-7-5-13(6-8-14)10-16-12(2)19/h5-8,11,18H,3-4,9-10H2,1-2H3,(H,16,19)(H,17,20). The van der Waals surface area contributed by atoms with Crippen molar-refractivity contribution in [3.63, 3.8) is 0 Å². The minimum atomic E-state index is -0.124. The van der Waals surface area contributed by atoms with Crippen molar-refractivity contribution in [3.05, 3.63) is 35.4 Å². The van der Waals surface area contributed by atoms with Crippen molar-refractivity contribution < 1.29 is 14.7 Å². The van der Waals surface area contributed by atoms with Gasteiger partial charge in [-0.05, 0) is 37.5 Å². The molecule has 110 valence electrons. The average Bonchev–Trinajstić information content (AvgIpc) is 2.43. The number of rotatable bonds is 7. The first-order valence-electron chi connectivity index (χ1n) is 6.78. The quantitative estimate of drug-likeness (QED) is 0.701. The van der Waals surface area contributed by atoms with Crippen LogP contribution in [0.3, 0.4) is 0 Å². The third-order valence-corrected chi connectivity index (χ3v) is 2.93. The SMILES string of the molecule is CC(=O)NCc1ccc(C(=O)NC(C)CCCO)cc1. The molecule has 5 heteroatoms. The number of carbonyl (C=O) groups excluding carboxylic acids is 2. The maximum atomic E-state index is 12.0. The van der Waals surface area contributed by atoms with E-state index in [-0.39, 0.29) is 24.5 Å². The Balaban J connectivity index is 2.50. The van der Waals surface area contributed by atoms with E-state index in [1.165, 1.54) is 6.92 Å². The van der Waals surface area contributed by atoms with Gasteiger partial charge in [0.1, 0.15) is 0 Å². The molecule has 20 heavy (non-hydrogen) atoms. The molecule has 0 saturated carbocycles. The first-order valence-corrected chi connectivity index (χ1v) is 6.78. The zero-order valence-electron chi connectivity index (χ0n) is 12.0. The van der Waals surface area contributed by atoms with Crippen LogP contribution in [0, 0.1) is 0 Å². The van der Waals surface area contributed by atoms with Gasteiger partial charge in [0.05, 0.1) is 0 Å². The van der Waals surface area contributed by atoms with Crippen LogP contribution >= 0.6 is 0 Å². The lowest BCUT2D eigenvalue weighted by Crippen LogP contribution is -2.32. The van der Waals surface area contributed by atoms with E-state index in [2.05, 4.69) is 10.6 Å². The number of carbonyl (C=O) groups is 2. The van der Waals surface area contributed by atoms with Crippen LogP contribution in [-0.2, 0) is 11.3 Å². The van der Waals surface area contributed by atoms with Gasteiger partial charge in [0.25, 0.3) is 5.91 Å². The molecular weight excluding hydrogens is 256 g/mol. The van der Waals surface area contributed by atoms with Crippen molar-refractivity contribution in [2.24, 2.45) is 0 Å². The van der Waals surface area contributed by atoms with Crippen LogP contribution in [-0.4, -0.2) is 29.6 Å². The number of aliphatic hydroxyl groups is 1. The predicted molar refractivity (Wildman–Crippen MR) is 77.2 cm³/mol. The summed E-state index contributed by atoms with van der Waals surface area (Å²) >= 11 is 0. The number of hydrogen-bond donors (Lipinski definition) is 3. The molecule has 0 aliphatic rings. The maximum Gasteiger partial charge on any atom is 0.251 e. The van der Waals surface area contributed by atoms with Crippen molar-refractivity contribution in [1.29, 1.82) is 0 Å². The van der Waals surface area contributed by atoms with Gasteiger partial charge in [-0.1, -0.05) is 12.1 Å². The zero-order valence-corrected chi connectivity index (χ0v) is 12.0. The highest BCUT2D eigenvalue weighted by atomic mass is 16.3. The highest BCUT2D eigenvalue weighted by Gasteiger charge is 2.09. The van der Waals surface area contributed by atoms with Crippen molar-refractivity contribution in [3.8, 4) is 0 Å². The molecule has 1 rings (SSSR count). The minimum Gasteiger partial charge on any atom is -0.396 e. The summed E-state index contributed by atoms with van der Waals surface area (Å²) in [5.74, 6) is -0.203. The van der Waals surface area contributed by atoms with Gasteiger partial charge in [0.2, 0.25) is 5.91 Å². The zero-order chi connectivity index (χ0) is 15.0. The highest BCUT2D eigenvalue weighted by Crippen LogP contribution is 2.05. The predicted octanol–water partition coefficient (Wildman–Crippen LogP) is 1.21. The summed E-state index contributed by atoms with van der Waals surface area (Å²) < 4.78 is 0. The van der Waals surface area contributed by atoms with Crippen LogP contribution < -0.4 is 10.6 Å². The lowest BCUT2D eigenvalue weighted by Gasteiger charge is -2.13. The van der Waals surface area contributed by atoms with Gasteiger partial charge in [-0.25, -0.2) is 0 Å². The Labute approximate surface area is 119 Å². The van der Waals surface area contributed by atoms with E-state index in [9.17, 15) is 9.59 Å². The third kappa shape index (κ3) is 5.84. The molecule has 5 nitrogen and oxygen atoms in total. The van der Waals surface area contributed by atoms with Gasteiger partial charge in [-0.3, -0.25) is 9.59 Å². The summed E-state index contributed by atoms with van der Waals surface area (Å²) in [6, 6.07) is 7.16. The summed E-state index contributed by atoms with van der Waals surface area (Å²) in [6.45, 7) is 3.98. The van der Waals surface area contributed by atoms with Gasteiger partial charge in [-0.15, -0.1) is 0 Å². The summed E-state index contributed by atoms with van der Waals surface area (Å²) in [6.07, 6.45) is 1.43. The fourth-order valence-electron chi connectivity index (χ4n) is 1.78. The lowest BCUT2D eigenvalue weighted by atomic mass is 10.1. The van der Waals surface area contributed by atoms with E-state index in [1.54, 1.807) is 12.1 Å². The highest BCUT2D eigenvalue weighted by molar-refractivity contribution is 5.94. The number of aliphatic hydroxyl groups excluding tert-OH is 1. The maximum absolute atomic E-state index is 12.0. The van der Waals surface area contributed by atoms with Gasteiger partial charge in [0.15, 0.2) is 0 Å². The van der Waals surface area contributed by atoms with Crippen molar-refractivity contribution in [1.82, 2.24) is 10.6 Å². The first-order chi connectivity index (χ1) is 9.52. The van der Waals surface area contributed by atoms with Crippen molar-refractivity contribution in [2.45, 2.75) is 39.3 Å². The molecule has 0 bridgehead atoms. The van der Waals surface area contributed by atoms with Crippen LogP contribution in [0.5, 0.6) is 0 Å². The van der Waals surface area contributed by atoms with Crippen LogP contribution in [0.15, 0.2) is 24.3 Å². The van der Waals surface area contributed by atoms with Gasteiger partial charge >= 0.3 is 0 Å². The molecule has 3 N–H and O–H groups in total. The first kappa shape index (κ1) is 16.2. The molecule has 1 aromatic carbocycles. The molecule has 2 amide bonds. The number of hydrogen-bond acceptors (Lipinski definition) is 3. The Morgan fingerprint density at radius 2 is 1.90 bits per heavy atom. The lowest BCUT2D eigenvalue weighted by molar-refractivity contribution is -0.119. The van der Waals surface area contributed by atoms with Gasteiger partial charge in [0, 0.05) is 31.7 Å². The smallest absolute Gasteiger partial charge is 0.251 e. The summed E-state index contributed by atoms with van der Waals surface area (Å²) in [5.41, 5.74) is 1.54. The van der Waals surface area contributed by atoms with E-state index >= 15 is 0 Å². The van der Waals surface area contributed by atoms with Crippen molar-refractivity contribution >= 4 is 11.8 Å². The van der Waals surface area contributed by atoms with E-state index in [0.29, 0.717) is 18.5 Å². The third-order valence-electron chi connectivity index (χ3n) is 2.93. The van der Waals surface area contributed by atoms with Crippen LogP contribution in [0.2, 0.25) is 0 Å². The molecule has 0 saturated heterocycles. The topological polar surface area (TPSA) is 78.4 Å². The monoisotopic (exact) mass is 278 g/mol. The Kier molecular flexibility index (Phi) is 6.73. The normalized spacial score (nSPS) is 11.8. The van der Waals surface area contributed by atoms with Crippen LogP contribution in [0.4, 0.5) is 0 Å². The molecule has 0 aliphatic carbocycles. The van der Waals surface area contributed by atoms with Gasteiger partial charge < -0.3 is 15.7 Å². The Morgan fingerprint density at radius 3 is 2.45 bits per heavy atom. The number of amides is 2. The second kappa shape index (κ2) is 8.32. The number of nitrogens with one attached hydrogen (secondary N) is 2.